The lowest BCUT2D eigenvalue weighted by molar-refractivity contribution is 0.683. The first-order chi connectivity index (χ1) is 14.1. The van der Waals surface area contributed by atoms with E-state index in [1.165, 1.54) is 15.5 Å². The van der Waals surface area contributed by atoms with Gasteiger partial charge in [-0.1, -0.05) is 54.6 Å². The van der Waals surface area contributed by atoms with Crippen LogP contribution in [-0.2, 0) is 6.54 Å². The minimum Gasteiger partial charge on any atom is -0.339 e. The summed E-state index contributed by atoms with van der Waals surface area (Å²) < 4.78 is 2.76. The van der Waals surface area contributed by atoms with Crippen LogP contribution in [0.25, 0.3) is 27.6 Å². The van der Waals surface area contributed by atoms with Crippen LogP contribution in [-0.4, -0.2) is 19.1 Å². The number of H-pyrrole nitrogens is 1. The average Bonchev–Trinajstić information content (AvgIpc) is 3.23. The molecule has 1 N–H and O–H groups in total. The second-order valence-electron chi connectivity index (χ2n) is 7.03. The molecule has 3 aromatic carbocycles. The van der Waals surface area contributed by atoms with Gasteiger partial charge in [0.05, 0.1) is 18.6 Å². The van der Waals surface area contributed by atoms with E-state index in [0.29, 0.717) is 16.9 Å². The van der Waals surface area contributed by atoms with E-state index >= 15 is 0 Å². The van der Waals surface area contributed by atoms with Crippen LogP contribution in [0.3, 0.4) is 0 Å². The van der Waals surface area contributed by atoms with Crippen LogP contribution in [0, 0.1) is 6.92 Å². The molecule has 0 amide bonds. The Kier molecular flexibility index (Phi) is 3.91. The molecule has 6 heteroatoms. The van der Waals surface area contributed by atoms with Gasteiger partial charge in [0.15, 0.2) is 5.65 Å². The van der Waals surface area contributed by atoms with Crippen molar-refractivity contribution in [3.8, 4) is 5.69 Å². The van der Waals surface area contributed by atoms with Crippen molar-refractivity contribution in [2.45, 2.75) is 13.5 Å². The number of aromatic amines is 1. The fraction of sp³-hybridized carbons (Fsp3) is 0.0870. The molecule has 29 heavy (non-hydrogen) atoms. The fourth-order valence-corrected chi connectivity index (χ4v) is 3.81. The summed E-state index contributed by atoms with van der Waals surface area (Å²) in [7, 11) is 0. The van der Waals surface area contributed by atoms with E-state index in [0.717, 1.165) is 21.9 Å². The summed E-state index contributed by atoms with van der Waals surface area (Å²) in [6, 6.07) is 21.3. The Morgan fingerprint density at radius 1 is 0.931 bits per heavy atom. The number of benzene rings is 3. The molecular formula is C23H18N4O2. The SMILES string of the molecule is Cc1ccc2ccccc2c1Cn1c(=O)c2[nH]cnc2n(-c2ccccc2)c1=O. The number of nitrogens with one attached hydrogen (secondary N) is 1. The molecule has 0 atom stereocenters. The highest BCUT2D eigenvalue weighted by Crippen LogP contribution is 2.22. The normalized spacial score (nSPS) is 11.3. The molecule has 0 radical (unpaired) electrons. The highest BCUT2D eigenvalue weighted by atomic mass is 16.2. The molecule has 0 aliphatic rings. The summed E-state index contributed by atoms with van der Waals surface area (Å²) in [6.45, 7) is 2.18. The third-order valence-electron chi connectivity index (χ3n) is 5.32. The molecule has 0 aliphatic heterocycles. The Labute approximate surface area is 165 Å². The van der Waals surface area contributed by atoms with Gasteiger partial charge >= 0.3 is 5.69 Å². The molecule has 0 saturated carbocycles. The first kappa shape index (κ1) is 17.2. The summed E-state index contributed by atoms with van der Waals surface area (Å²) in [4.78, 5) is 33.7. The summed E-state index contributed by atoms with van der Waals surface area (Å²) in [5.41, 5.74) is 2.52. The van der Waals surface area contributed by atoms with E-state index in [-0.39, 0.29) is 12.1 Å². The number of hydrogen-bond acceptors (Lipinski definition) is 3. The van der Waals surface area contributed by atoms with Crippen LogP contribution < -0.4 is 11.2 Å². The number of imidazole rings is 1. The standard InChI is InChI=1S/C23H18N4O2/c1-15-11-12-16-7-5-6-10-18(16)19(15)13-26-22(28)20-21(25-14-24-20)27(23(26)29)17-8-3-2-4-9-17/h2-12,14H,13H2,1H3,(H,24,25). The molecule has 0 aliphatic carbocycles. The van der Waals surface area contributed by atoms with Gasteiger partial charge in [-0.15, -0.1) is 0 Å². The van der Waals surface area contributed by atoms with Gasteiger partial charge in [0, 0.05) is 0 Å². The van der Waals surface area contributed by atoms with Crippen molar-refractivity contribution in [2.24, 2.45) is 0 Å². The quantitative estimate of drug-likeness (QED) is 0.520. The third kappa shape index (κ3) is 2.69. The average molecular weight is 382 g/mol. The first-order valence-corrected chi connectivity index (χ1v) is 9.37. The van der Waals surface area contributed by atoms with Gasteiger partial charge in [-0.25, -0.2) is 14.3 Å². The summed E-state index contributed by atoms with van der Waals surface area (Å²) >= 11 is 0. The number of para-hydroxylation sites is 1. The van der Waals surface area contributed by atoms with Crippen molar-refractivity contribution in [2.75, 3.05) is 0 Å². The van der Waals surface area contributed by atoms with Crippen LogP contribution in [0.15, 0.2) is 82.6 Å². The zero-order chi connectivity index (χ0) is 20.0. The highest BCUT2D eigenvalue weighted by Gasteiger charge is 2.18. The van der Waals surface area contributed by atoms with Crippen molar-refractivity contribution in [1.82, 2.24) is 19.1 Å². The maximum atomic E-state index is 13.4. The number of aromatic nitrogens is 4. The predicted octanol–water partition coefficient (Wildman–Crippen LogP) is 3.39. The molecule has 5 rings (SSSR count). The van der Waals surface area contributed by atoms with Gasteiger partial charge in [-0.05, 0) is 41.0 Å². The van der Waals surface area contributed by atoms with Gasteiger partial charge in [-0.3, -0.25) is 9.36 Å². The fourth-order valence-electron chi connectivity index (χ4n) is 3.81. The van der Waals surface area contributed by atoms with E-state index in [2.05, 4.69) is 16.0 Å². The minimum atomic E-state index is -0.409. The Hall–Kier alpha value is -3.93. The Bertz CT molecular complexity index is 1480. The molecule has 6 nitrogen and oxygen atoms in total. The smallest absolute Gasteiger partial charge is 0.337 e. The molecule has 0 bridgehead atoms. The van der Waals surface area contributed by atoms with E-state index in [4.69, 9.17) is 0 Å². The summed E-state index contributed by atoms with van der Waals surface area (Å²) in [6.07, 6.45) is 1.44. The first-order valence-electron chi connectivity index (χ1n) is 9.37. The van der Waals surface area contributed by atoms with Gasteiger partial charge in [0.1, 0.15) is 5.52 Å². The van der Waals surface area contributed by atoms with Crippen molar-refractivity contribution in [1.29, 1.82) is 0 Å². The Balaban J connectivity index is 1.81. The lowest BCUT2D eigenvalue weighted by atomic mass is 9.99. The lowest BCUT2D eigenvalue weighted by Gasteiger charge is -2.14. The Morgan fingerprint density at radius 3 is 2.52 bits per heavy atom. The van der Waals surface area contributed by atoms with Crippen LogP contribution in [0.5, 0.6) is 0 Å². The molecule has 2 heterocycles. The zero-order valence-electron chi connectivity index (χ0n) is 15.8. The number of rotatable bonds is 3. The maximum Gasteiger partial charge on any atom is 0.337 e. The minimum absolute atomic E-state index is 0.187. The van der Waals surface area contributed by atoms with Gasteiger partial charge in [0.25, 0.3) is 5.56 Å². The molecule has 0 fully saturated rings. The van der Waals surface area contributed by atoms with Crippen LogP contribution >= 0.6 is 0 Å². The summed E-state index contributed by atoms with van der Waals surface area (Å²) in [5.74, 6) is 0. The molecule has 0 unspecified atom stereocenters. The largest absolute Gasteiger partial charge is 0.339 e. The molecular weight excluding hydrogens is 364 g/mol. The van der Waals surface area contributed by atoms with Gasteiger partial charge in [-0.2, -0.15) is 0 Å². The van der Waals surface area contributed by atoms with Crippen LogP contribution in [0.2, 0.25) is 0 Å². The Morgan fingerprint density at radius 2 is 1.69 bits per heavy atom. The topological polar surface area (TPSA) is 72.7 Å². The predicted molar refractivity (Wildman–Crippen MR) is 114 cm³/mol. The molecule has 142 valence electrons. The highest BCUT2D eigenvalue weighted by molar-refractivity contribution is 5.86. The van der Waals surface area contributed by atoms with Crippen LogP contribution in [0.4, 0.5) is 0 Å². The molecule has 2 aromatic heterocycles. The number of fused-ring (bicyclic) bond motifs is 2. The van der Waals surface area contributed by atoms with Gasteiger partial charge < -0.3 is 4.98 Å². The molecule has 5 aromatic rings. The summed E-state index contributed by atoms with van der Waals surface area (Å²) in [5, 5.41) is 2.11. The van der Waals surface area contributed by atoms with Gasteiger partial charge in [0.2, 0.25) is 0 Å². The molecule has 0 spiro atoms. The van der Waals surface area contributed by atoms with Crippen molar-refractivity contribution >= 4 is 21.9 Å². The zero-order valence-corrected chi connectivity index (χ0v) is 15.8. The lowest BCUT2D eigenvalue weighted by Crippen LogP contribution is -2.40. The monoisotopic (exact) mass is 382 g/mol. The third-order valence-corrected chi connectivity index (χ3v) is 5.32. The second-order valence-corrected chi connectivity index (χ2v) is 7.03. The van der Waals surface area contributed by atoms with E-state index in [1.807, 2.05) is 67.6 Å². The van der Waals surface area contributed by atoms with Crippen molar-refractivity contribution in [3.63, 3.8) is 0 Å². The number of aryl methyl sites for hydroxylation is 1. The number of hydrogen-bond donors (Lipinski definition) is 1. The van der Waals surface area contributed by atoms with Crippen LogP contribution in [0.1, 0.15) is 11.1 Å². The number of nitrogens with zero attached hydrogens (tertiary/aromatic N) is 3. The van der Waals surface area contributed by atoms with E-state index in [9.17, 15) is 9.59 Å². The van der Waals surface area contributed by atoms with Crippen molar-refractivity contribution < 1.29 is 0 Å². The van der Waals surface area contributed by atoms with E-state index < -0.39 is 5.69 Å². The second kappa shape index (κ2) is 6.60. The molecule has 0 saturated heterocycles. The maximum absolute atomic E-state index is 13.4. The van der Waals surface area contributed by atoms with Crippen molar-refractivity contribution in [3.05, 3.63) is 105 Å². The van der Waals surface area contributed by atoms with E-state index in [1.54, 1.807) is 0 Å².